The first-order valence-corrected chi connectivity index (χ1v) is 14.4. The average molecular weight is 537 g/mol. The van der Waals surface area contributed by atoms with Crippen LogP contribution in [0.5, 0.6) is 0 Å². The van der Waals surface area contributed by atoms with Gasteiger partial charge in [0.2, 0.25) is 0 Å². The zero-order chi connectivity index (χ0) is 26.8. The van der Waals surface area contributed by atoms with Gasteiger partial charge in [0, 0.05) is 25.2 Å². The number of unbranched alkanes of at least 4 members (excludes halogenated alkanes) is 5. The number of nitrogens with zero attached hydrogens (tertiary/aromatic N) is 3. The van der Waals surface area contributed by atoms with Crippen molar-refractivity contribution in [3.63, 3.8) is 0 Å². The van der Waals surface area contributed by atoms with E-state index in [0.29, 0.717) is 45.8 Å². The molecule has 1 saturated heterocycles. The molecule has 1 N–H and O–H groups in total. The highest BCUT2D eigenvalue weighted by atomic mass is 32.2. The second kappa shape index (κ2) is 14.2. The van der Waals surface area contributed by atoms with E-state index in [-0.39, 0.29) is 17.0 Å². The van der Waals surface area contributed by atoms with Crippen LogP contribution < -0.4 is 10.9 Å². The molecular formula is C29H36N4O2S2. The molecule has 3 rings (SSSR count). The minimum Gasteiger partial charge on any atom is -0.367 e. The second-order valence-electron chi connectivity index (χ2n) is 9.27. The van der Waals surface area contributed by atoms with Crippen LogP contribution in [0.4, 0.5) is 5.82 Å². The standard InChI is InChI=1S/C29H36N4O2S2/c1-4-6-7-8-9-13-17-33-28(35)25(37-29(33)36)18-23-21(3)24(19-30)27(34)32(16-5-2)26(23)31-20-22-14-11-10-12-15-22/h10-12,14-15,18,31H,4-9,13,16-17,20H2,1-3H3/b25-18+. The highest BCUT2D eigenvalue weighted by Crippen LogP contribution is 2.35. The van der Waals surface area contributed by atoms with E-state index in [4.69, 9.17) is 12.2 Å². The minimum atomic E-state index is -0.315. The van der Waals surface area contributed by atoms with Gasteiger partial charge in [-0.3, -0.25) is 19.1 Å². The predicted octanol–water partition coefficient (Wildman–Crippen LogP) is 6.61. The number of thioether (sulfide) groups is 1. The molecule has 0 saturated carbocycles. The topological polar surface area (TPSA) is 78.1 Å². The van der Waals surface area contributed by atoms with Crippen molar-refractivity contribution in [1.82, 2.24) is 9.47 Å². The molecule has 196 valence electrons. The maximum absolute atomic E-state index is 13.3. The molecule has 2 aromatic rings. The summed E-state index contributed by atoms with van der Waals surface area (Å²) >= 11 is 6.84. The number of hydrogen-bond acceptors (Lipinski definition) is 6. The maximum atomic E-state index is 13.3. The van der Waals surface area contributed by atoms with Crippen molar-refractivity contribution in [3.8, 4) is 6.07 Å². The average Bonchev–Trinajstić information content (AvgIpc) is 3.16. The van der Waals surface area contributed by atoms with Crippen LogP contribution in [0.2, 0.25) is 0 Å². The maximum Gasteiger partial charge on any atom is 0.270 e. The van der Waals surface area contributed by atoms with E-state index in [1.54, 1.807) is 22.5 Å². The number of aromatic nitrogens is 1. The largest absolute Gasteiger partial charge is 0.367 e. The van der Waals surface area contributed by atoms with E-state index in [1.807, 2.05) is 37.3 Å². The van der Waals surface area contributed by atoms with Crippen LogP contribution in [0.1, 0.15) is 81.0 Å². The van der Waals surface area contributed by atoms with Crippen molar-refractivity contribution >= 4 is 46.1 Å². The van der Waals surface area contributed by atoms with Crippen LogP contribution in [0.15, 0.2) is 40.0 Å². The molecule has 1 aliphatic heterocycles. The van der Waals surface area contributed by atoms with E-state index in [0.717, 1.165) is 24.8 Å². The van der Waals surface area contributed by atoms with Gasteiger partial charge in [-0.05, 0) is 37.0 Å². The molecule has 8 heteroatoms. The molecule has 0 aliphatic carbocycles. The normalized spacial score (nSPS) is 14.4. The fraction of sp³-hybridized carbons (Fsp3) is 0.448. The van der Waals surface area contributed by atoms with Gasteiger partial charge in [-0.25, -0.2) is 0 Å². The Bertz CT molecular complexity index is 1250. The summed E-state index contributed by atoms with van der Waals surface area (Å²) in [7, 11) is 0. The molecule has 0 radical (unpaired) electrons. The van der Waals surface area contributed by atoms with E-state index >= 15 is 0 Å². The third kappa shape index (κ3) is 7.12. The third-order valence-corrected chi connectivity index (χ3v) is 7.89. The Balaban J connectivity index is 1.94. The van der Waals surface area contributed by atoms with Gasteiger partial charge >= 0.3 is 0 Å². The summed E-state index contributed by atoms with van der Waals surface area (Å²) in [5.41, 5.74) is 2.10. The molecule has 37 heavy (non-hydrogen) atoms. The molecule has 0 unspecified atom stereocenters. The molecule has 1 fully saturated rings. The Morgan fingerprint density at radius 3 is 2.41 bits per heavy atom. The van der Waals surface area contributed by atoms with Gasteiger partial charge in [-0.15, -0.1) is 0 Å². The highest BCUT2D eigenvalue weighted by Gasteiger charge is 2.32. The lowest BCUT2D eigenvalue weighted by Gasteiger charge is -2.20. The first-order chi connectivity index (χ1) is 17.9. The number of pyridine rings is 1. The van der Waals surface area contributed by atoms with Gasteiger partial charge in [0.05, 0.1) is 4.91 Å². The van der Waals surface area contributed by atoms with Crippen LogP contribution in [0.3, 0.4) is 0 Å². The number of benzene rings is 1. The van der Waals surface area contributed by atoms with Crippen molar-refractivity contribution in [2.45, 2.75) is 78.8 Å². The summed E-state index contributed by atoms with van der Waals surface area (Å²) in [6.45, 7) is 7.55. The Morgan fingerprint density at radius 2 is 1.73 bits per heavy atom. The lowest BCUT2D eigenvalue weighted by atomic mass is 10.0. The third-order valence-electron chi connectivity index (χ3n) is 6.51. The molecule has 6 nitrogen and oxygen atoms in total. The van der Waals surface area contributed by atoms with Crippen molar-refractivity contribution in [3.05, 3.63) is 67.8 Å². The fourth-order valence-corrected chi connectivity index (χ4v) is 5.74. The summed E-state index contributed by atoms with van der Waals surface area (Å²) in [5.74, 6) is 0.511. The quantitative estimate of drug-likeness (QED) is 0.176. The van der Waals surface area contributed by atoms with Gasteiger partial charge in [0.25, 0.3) is 11.5 Å². The van der Waals surface area contributed by atoms with Crippen LogP contribution in [0, 0.1) is 18.3 Å². The summed E-state index contributed by atoms with van der Waals surface area (Å²) in [6.07, 6.45) is 9.38. The molecule has 2 heterocycles. The van der Waals surface area contributed by atoms with Crippen LogP contribution in [0.25, 0.3) is 6.08 Å². The number of nitrogens with one attached hydrogen (secondary N) is 1. The molecule has 1 aliphatic rings. The number of thiocarbonyl (C=S) groups is 1. The summed E-state index contributed by atoms with van der Waals surface area (Å²) < 4.78 is 2.18. The van der Waals surface area contributed by atoms with E-state index in [1.165, 1.54) is 37.4 Å². The summed E-state index contributed by atoms with van der Waals surface area (Å²) in [6, 6.07) is 12.0. The van der Waals surface area contributed by atoms with Gasteiger partial charge < -0.3 is 5.32 Å². The lowest BCUT2D eigenvalue weighted by Crippen LogP contribution is -2.29. The number of nitriles is 1. The van der Waals surface area contributed by atoms with E-state index in [2.05, 4.69) is 18.3 Å². The van der Waals surface area contributed by atoms with Gasteiger partial charge in [0.1, 0.15) is 21.8 Å². The number of amides is 1. The van der Waals surface area contributed by atoms with Crippen LogP contribution in [-0.4, -0.2) is 26.2 Å². The van der Waals surface area contributed by atoms with Gasteiger partial charge in [-0.1, -0.05) is 100 Å². The number of anilines is 1. The van der Waals surface area contributed by atoms with Crippen molar-refractivity contribution < 1.29 is 4.79 Å². The first-order valence-electron chi connectivity index (χ1n) is 13.1. The Labute approximate surface area is 229 Å². The summed E-state index contributed by atoms with van der Waals surface area (Å²) in [5, 5.41) is 13.2. The predicted molar refractivity (Wildman–Crippen MR) is 157 cm³/mol. The number of carbonyl (C=O) groups is 1. The molecule has 0 bridgehead atoms. The molecule has 1 aromatic heterocycles. The van der Waals surface area contributed by atoms with Crippen LogP contribution in [-0.2, 0) is 17.9 Å². The highest BCUT2D eigenvalue weighted by molar-refractivity contribution is 8.26. The zero-order valence-corrected chi connectivity index (χ0v) is 23.6. The van der Waals surface area contributed by atoms with Crippen molar-refractivity contribution in [2.24, 2.45) is 0 Å². The van der Waals surface area contributed by atoms with E-state index < -0.39 is 0 Å². The van der Waals surface area contributed by atoms with Crippen LogP contribution >= 0.6 is 24.0 Å². The van der Waals surface area contributed by atoms with Gasteiger partial charge in [0.15, 0.2) is 0 Å². The minimum absolute atomic E-state index is 0.104. The smallest absolute Gasteiger partial charge is 0.270 e. The Morgan fingerprint density at radius 1 is 1.03 bits per heavy atom. The lowest BCUT2D eigenvalue weighted by molar-refractivity contribution is -0.122. The molecule has 0 spiro atoms. The molecule has 1 amide bonds. The number of hydrogen-bond donors (Lipinski definition) is 1. The second-order valence-corrected chi connectivity index (χ2v) is 10.9. The molecular weight excluding hydrogens is 500 g/mol. The molecule has 0 atom stereocenters. The Kier molecular flexibility index (Phi) is 11.0. The molecule has 1 aromatic carbocycles. The Hall–Kier alpha value is -2.89. The number of carbonyl (C=O) groups excluding carboxylic acids is 1. The zero-order valence-electron chi connectivity index (χ0n) is 22.0. The first kappa shape index (κ1) is 28.7. The number of rotatable bonds is 13. The summed E-state index contributed by atoms with van der Waals surface area (Å²) in [4.78, 5) is 28.7. The fourth-order valence-electron chi connectivity index (χ4n) is 4.45. The van der Waals surface area contributed by atoms with Crippen molar-refractivity contribution in [1.29, 1.82) is 5.26 Å². The van der Waals surface area contributed by atoms with Gasteiger partial charge in [-0.2, -0.15) is 5.26 Å². The SMILES string of the molecule is CCCCCCCCN1C(=O)/C(=C\c2c(C)c(C#N)c(=O)n(CCC)c2NCc2ccccc2)SC1=S. The van der Waals surface area contributed by atoms with Crippen molar-refractivity contribution in [2.75, 3.05) is 11.9 Å². The monoisotopic (exact) mass is 536 g/mol. The van der Waals surface area contributed by atoms with E-state index in [9.17, 15) is 14.9 Å².